The van der Waals surface area contributed by atoms with Gasteiger partial charge in [0.2, 0.25) is 11.8 Å². The lowest BCUT2D eigenvalue weighted by molar-refractivity contribution is -0.149. The number of rotatable bonds is 3. The van der Waals surface area contributed by atoms with Crippen LogP contribution in [0.3, 0.4) is 0 Å². The molecule has 8 nitrogen and oxygen atoms in total. The molecule has 1 saturated carbocycles. The maximum Gasteiger partial charge on any atom is 0.311 e. The maximum absolute atomic E-state index is 12.8. The average molecular weight is 371 g/mol. The van der Waals surface area contributed by atoms with E-state index in [9.17, 15) is 24.3 Å². The largest absolute Gasteiger partial charge is 0.481 e. The quantitative estimate of drug-likeness (QED) is 0.829. The molecule has 3 amide bonds. The summed E-state index contributed by atoms with van der Waals surface area (Å²) < 4.78 is 0. The van der Waals surface area contributed by atoms with Crippen LogP contribution in [0.4, 0.5) is 5.69 Å². The molecule has 0 unspecified atom stereocenters. The number of aliphatic carboxylic acids is 1. The molecule has 0 radical (unpaired) electrons. The van der Waals surface area contributed by atoms with Gasteiger partial charge >= 0.3 is 5.97 Å². The van der Waals surface area contributed by atoms with Gasteiger partial charge in [-0.25, -0.2) is 5.01 Å². The van der Waals surface area contributed by atoms with Crippen molar-refractivity contribution >= 4 is 29.4 Å². The molecule has 4 rings (SSSR count). The molecule has 3 fully saturated rings. The number of carboxylic acids is 1. The molecule has 2 aliphatic heterocycles. The number of likely N-dealkylation sites (tertiary alicyclic amines) is 1. The Morgan fingerprint density at radius 3 is 2.56 bits per heavy atom. The highest BCUT2D eigenvalue weighted by Gasteiger charge is 2.55. The maximum atomic E-state index is 12.8. The third-order valence-corrected chi connectivity index (χ3v) is 6.01. The Labute approximate surface area is 156 Å². The molecule has 27 heavy (non-hydrogen) atoms. The summed E-state index contributed by atoms with van der Waals surface area (Å²) in [6.45, 7) is 0.710. The molecule has 2 atom stereocenters. The first kappa shape index (κ1) is 17.5. The van der Waals surface area contributed by atoms with Crippen molar-refractivity contribution in [2.75, 3.05) is 18.1 Å². The van der Waals surface area contributed by atoms with Crippen LogP contribution in [0.25, 0.3) is 0 Å². The number of benzene rings is 1. The van der Waals surface area contributed by atoms with Crippen LogP contribution in [0.2, 0.25) is 0 Å². The lowest BCUT2D eigenvalue weighted by atomic mass is 9.81. The van der Waals surface area contributed by atoms with Crippen molar-refractivity contribution in [1.29, 1.82) is 0 Å². The number of nitrogens with zero attached hydrogens (tertiary/aromatic N) is 2. The Bertz CT molecular complexity index is 821. The zero-order valence-corrected chi connectivity index (χ0v) is 14.8. The van der Waals surface area contributed by atoms with E-state index in [2.05, 4.69) is 5.43 Å². The Morgan fingerprint density at radius 2 is 1.89 bits per heavy atom. The predicted molar refractivity (Wildman–Crippen MR) is 94.6 cm³/mol. The summed E-state index contributed by atoms with van der Waals surface area (Å²) in [4.78, 5) is 49.7. The van der Waals surface area contributed by atoms with Crippen LogP contribution in [0.15, 0.2) is 24.3 Å². The monoisotopic (exact) mass is 371 g/mol. The summed E-state index contributed by atoms with van der Waals surface area (Å²) in [6, 6.07) is 6.43. The van der Waals surface area contributed by atoms with E-state index >= 15 is 0 Å². The topological polar surface area (TPSA) is 107 Å². The van der Waals surface area contributed by atoms with Crippen molar-refractivity contribution in [2.45, 2.75) is 32.1 Å². The van der Waals surface area contributed by atoms with Gasteiger partial charge in [-0.1, -0.05) is 6.42 Å². The van der Waals surface area contributed by atoms with E-state index in [0.717, 1.165) is 12.8 Å². The third-order valence-electron chi connectivity index (χ3n) is 6.01. The summed E-state index contributed by atoms with van der Waals surface area (Å²) in [7, 11) is 0. The highest BCUT2D eigenvalue weighted by Crippen LogP contribution is 2.49. The molecular formula is C19H21N3O5. The fraction of sp³-hybridized carbons (Fsp3) is 0.474. The molecule has 3 aliphatic rings. The lowest BCUT2D eigenvalue weighted by Gasteiger charge is -2.27. The molecule has 1 aliphatic carbocycles. The normalized spacial score (nSPS) is 27.5. The van der Waals surface area contributed by atoms with E-state index in [0.29, 0.717) is 24.2 Å². The Morgan fingerprint density at radius 1 is 1.15 bits per heavy atom. The summed E-state index contributed by atoms with van der Waals surface area (Å²) in [5.74, 6) is -1.43. The number of hydrogen-bond acceptors (Lipinski definition) is 4. The molecule has 0 spiro atoms. The summed E-state index contributed by atoms with van der Waals surface area (Å²) >= 11 is 0. The first-order valence-electron chi connectivity index (χ1n) is 9.16. The van der Waals surface area contributed by atoms with Crippen LogP contribution in [-0.4, -0.2) is 46.8 Å². The van der Waals surface area contributed by atoms with Crippen LogP contribution in [0, 0.1) is 11.3 Å². The molecule has 2 saturated heterocycles. The molecule has 2 heterocycles. The number of carboxylic acid groups (broad SMARTS) is 1. The Kier molecular flexibility index (Phi) is 4.13. The molecule has 1 aromatic rings. The fourth-order valence-electron chi connectivity index (χ4n) is 4.51. The third kappa shape index (κ3) is 2.85. The van der Waals surface area contributed by atoms with Crippen LogP contribution >= 0.6 is 0 Å². The molecule has 2 N–H and O–H groups in total. The first-order valence-corrected chi connectivity index (χ1v) is 9.16. The van der Waals surface area contributed by atoms with E-state index in [-0.39, 0.29) is 43.0 Å². The minimum Gasteiger partial charge on any atom is -0.481 e. The number of amides is 3. The zero-order chi connectivity index (χ0) is 19.2. The van der Waals surface area contributed by atoms with Gasteiger partial charge in [-0.15, -0.1) is 0 Å². The number of carbonyl (C=O) groups excluding carboxylic acids is 3. The van der Waals surface area contributed by atoms with Crippen molar-refractivity contribution in [3.05, 3.63) is 29.8 Å². The number of hydrazine groups is 1. The van der Waals surface area contributed by atoms with E-state index in [1.54, 1.807) is 29.2 Å². The molecule has 0 aromatic heterocycles. The minimum atomic E-state index is -0.810. The van der Waals surface area contributed by atoms with Crippen molar-refractivity contribution in [1.82, 2.24) is 10.3 Å². The molecular weight excluding hydrogens is 350 g/mol. The average Bonchev–Trinajstić information content (AvgIpc) is 3.22. The van der Waals surface area contributed by atoms with E-state index in [1.807, 2.05) is 0 Å². The standard InChI is InChI=1S/C19H21N3O5/c23-15-7-8-16(24)22(20-15)14-5-3-12(4-6-14)17(25)21-10-13-2-1-9-19(13,11-21)18(26)27/h3-6,13H,1-2,7-11H2,(H,20,23)(H,26,27)/t13-,19+/m0/s1. The van der Waals surface area contributed by atoms with Crippen molar-refractivity contribution in [2.24, 2.45) is 11.3 Å². The van der Waals surface area contributed by atoms with E-state index in [1.165, 1.54) is 5.01 Å². The number of nitrogens with one attached hydrogen (secondary N) is 1. The van der Waals surface area contributed by atoms with Gasteiger partial charge in [0.15, 0.2) is 0 Å². The number of hydrogen-bond donors (Lipinski definition) is 2. The van der Waals surface area contributed by atoms with Crippen LogP contribution in [-0.2, 0) is 14.4 Å². The SMILES string of the molecule is O=C1CCC(=O)N(c2ccc(C(=O)N3C[C@@H]4CCC[C@@]4(C(=O)O)C3)cc2)N1. The lowest BCUT2D eigenvalue weighted by Crippen LogP contribution is -2.50. The van der Waals surface area contributed by atoms with Gasteiger partial charge in [-0.3, -0.25) is 24.6 Å². The zero-order valence-electron chi connectivity index (χ0n) is 14.8. The predicted octanol–water partition coefficient (Wildman–Crippen LogP) is 1.17. The second kappa shape index (κ2) is 6.37. The second-order valence-electron chi connectivity index (χ2n) is 7.55. The van der Waals surface area contributed by atoms with Gasteiger partial charge in [0.05, 0.1) is 11.1 Å². The molecule has 1 aromatic carbocycles. The Balaban J connectivity index is 1.50. The fourth-order valence-corrected chi connectivity index (χ4v) is 4.51. The molecule has 8 heteroatoms. The Hall–Kier alpha value is -2.90. The van der Waals surface area contributed by atoms with Gasteiger partial charge in [0.25, 0.3) is 5.91 Å². The summed E-state index contributed by atoms with van der Waals surface area (Å²) in [5, 5.41) is 10.9. The van der Waals surface area contributed by atoms with Crippen LogP contribution in [0.1, 0.15) is 42.5 Å². The number of carbonyl (C=O) groups is 4. The van der Waals surface area contributed by atoms with E-state index < -0.39 is 11.4 Å². The van der Waals surface area contributed by atoms with Crippen molar-refractivity contribution in [3.8, 4) is 0 Å². The summed E-state index contributed by atoms with van der Waals surface area (Å²) in [6.07, 6.45) is 2.67. The molecule has 0 bridgehead atoms. The molecule has 142 valence electrons. The second-order valence-corrected chi connectivity index (χ2v) is 7.55. The van der Waals surface area contributed by atoms with Crippen molar-refractivity contribution < 1.29 is 24.3 Å². The van der Waals surface area contributed by atoms with Crippen LogP contribution in [0.5, 0.6) is 0 Å². The number of anilines is 1. The minimum absolute atomic E-state index is 0.0133. The number of fused-ring (bicyclic) bond motifs is 1. The highest BCUT2D eigenvalue weighted by atomic mass is 16.4. The first-order chi connectivity index (χ1) is 12.9. The van der Waals surface area contributed by atoms with E-state index in [4.69, 9.17) is 0 Å². The van der Waals surface area contributed by atoms with Gasteiger partial charge in [-0.2, -0.15) is 0 Å². The van der Waals surface area contributed by atoms with Gasteiger partial charge in [0, 0.05) is 31.5 Å². The smallest absolute Gasteiger partial charge is 0.311 e. The van der Waals surface area contributed by atoms with Gasteiger partial charge in [-0.05, 0) is 43.0 Å². The van der Waals surface area contributed by atoms with Crippen molar-refractivity contribution in [3.63, 3.8) is 0 Å². The van der Waals surface area contributed by atoms with Gasteiger partial charge in [0.1, 0.15) is 0 Å². The van der Waals surface area contributed by atoms with Gasteiger partial charge < -0.3 is 10.0 Å². The van der Waals surface area contributed by atoms with Crippen LogP contribution < -0.4 is 10.4 Å². The summed E-state index contributed by atoms with van der Waals surface area (Å²) in [5.41, 5.74) is 2.64. The highest BCUT2D eigenvalue weighted by molar-refractivity contribution is 6.02.